The Morgan fingerprint density at radius 3 is 2.00 bits per heavy atom. The third kappa shape index (κ3) is 6.84. The zero-order valence-electron chi connectivity index (χ0n) is 16.6. The third-order valence-electron chi connectivity index (χ3n) is 5.41. The lowest BCUT2D eigenvalue weighted by Gasteiger charge is -2.20. The molecule has 1 unspecified atom stereocenters. The largest absolute Gasteiger partial charge is 0.327 e. The molecule has 2 heteroatoms. The van der Waals surface area contributed by atoms with Gasteiger partial charge in [0.2, 0.25) is 0 Å². The van der Waals surface area contributed by atoms with Crippen molar-refractivity contribution >= 4 is 11.0 Å². The summed E-state index contributed by atoms with van der Waals surface area (Å²) in [6.07, 6.45) is 19.8. The number of benzene rings is 1. The van der Waals surface area contributed by atoms with E-state index in [-0.39, 0.29) is 0 Å². The molecular weight excluding hydrogens is 304 g/mol. The second kappa shape index (κ2) is 12.1. The number of rotatable bonds is 14. The van der Waals surface area contributed by atoms with Crippen LogP contribution in [0, 0.1) is 0 Å². The summed E-state index contributed by atoms with van der Waals surface area (Å²) in [5.41, 5.74) is 2.45. The predicted molar refractivity (Wildman–Crippen MR) is 110 cm³/mol. The Hall–Kier alpha value is -1.31. The van der Waals surface area contributed by atoms with Crippen LogP contribution in [0.2, 0.25) is 0 Å². The number of unbranched alkanes of at least 4 members (excludes halogenated alkanes) is 9. The molecule has 0 aliphatic carbocycles. The van der Waals surface area contributed by atoms with E-state index in [4.69, 9.17) is 0 Å². The van der Waals surface area contributed by atoms with Crippen molar-refractivity contribution in [1.82, 2.24) is 9.55 Å². The Morgan fingerprint density at radius 2 is 1.32 bits per heavy atom. The normalized spacial score (nSPS) is 12.7. The fourth-order valence-corrected chi connectivity index (χ4v) is 3.84. The van der Waals surface area contributed by atoms with Crippen molar-refractivity contribution in [3.05, 3.63) is 30.6 Å². The molecule has 1 atom stereocenters. The number of imidazole rings is 1. The lowest BCUT2D eigenvalue weighted by atomic mass is 10.00. The fourth-order valence-electron chi connectivity index (χ4n) is 3.84. The molecule has 25 heavy (non-hydrogen) atoms. The lowest BCUT2D eigenvalue weighted by Crippen LogP contribution is -2.08. The molecule has 0 N–H and O–H groups in total. The second-order valence-electron chi connectivity index (χ2n) is 7.55. The Balaban J connectivity index is 1.87. The van der Waals surface area contributed by atoms with Crippen LogP contribution in [0.3, 0.4) is 0 Å². The first-order chi connectivity index (χ1) is 12.4. The van der Waals surface area contributed by atoms with E-state index < -0.39 is 0 Å². The van der Waals surface area contributed by atoms with E-state index in [1.54, 1.807) is 0 Å². The van der Waals surface area contributed by atoms with Gasteiger partial charge in [-0.3, -0.25) is 0 Å². The van der Waals surface area contributed by atoms with Crippen LogP contribution in [0.25, 0.3) is 11.0 Å². The molecule has 0 spiro atoms. The van der Waals surface area contributed by atoms with Gasteiger partial charge in [0.05, 0.1) is 17.4 Å². The van der Waals surface area contributed by atoms with Gasteiger partial charge in [-0.05, 0) is 25.0 Å². The van der Waals surface area contributed by atoms with Gasteiger partial charge in [0.1, 0.15) is 0 Å². The van der Waals surface area contributed by atoms with Gasteiger partial charge in [-0.25, -0.2) is 4.98 Å². The maximum atomic E-state index is 4.63. The molecule has 2 nitrogen and oxygen atoms in total. The van der Waals surface area contributed by atoms with E-state index >= 15 is 0 Å². The highest BCUT2D eigenvalue weighted by molar-refractivity contribution is 5.75. The fraction of sp³-hybridized carbons (Fsp3) is 0.696. The number of hydrogen-bond acceptors (Lipinski definition) is 1. The van der Waals surface area contributed by atoms with Crippen LogP contribution in [0.5, 0.6) is 0 Å². The van der Waals surface area contributed by atoms with Crippen LogP contribution in [0.1, 0.15) is 103 Å². The van der Waals surface area contributed by atoms with Gasteiger partial charge in [-0.2, -0.15) is 0 Å². The number of nitrogens with zero attached hydrogens (tertiary/aromatic N) is 2. The molecule has 0 saturated carbocycles. The summed E-state index contributed by atoms with van der Waals surface area (Å²) in [5.74, 6) is 0. The molecular formula is C23H38N2. The summed E-state index contributed by atoms with van der Waals surface area (Å²) in [7, 11) is 0. The van der Waals surface area contributed by atoms with Gasteiger partial charge in [0.15, 0.2) is 0 Å². The second-order valence-corrected chi connectivity index (χ2v) is 7.55. The van der Waals surface area contributed by atoms with Gasteiger partial charge in [-0.15, -0.1) is 0 Å². The molecule has 0 aliphatic rings. The van der Waals surface area contributed by atoms with Crippen molar-refractivity contribution in [2.45, 2.75) is 103 Å². The smallest absolute Gasteiger partial charge is 0.0960 e. The number of hydrogen-bond donors (Lipinski definition) is 0. The van der Waals surface area contributed by atoms with Crippen molar-refractivity contribution in [3.63, 3.8) is 0 Å². The van der Waals surface area contributed by atoms with E-state index in [1.807, 2.05) is 0 Å². The number of para-hydroxylation sites is 2. The van der Waals surface area contributed by atoms with Crippen LogP contribution in [0.15, 0.2) is 30.6 Å². The van der Waals surface area contributed by atoms with E-state index in [0.29, 0.717) is 6.04 Å². The van der Waals surface area contributed by atoms with Crippen molar-refractivity contribution < 1.29 is 0 Å². The van der Waals surface area contributed by atoms with Crippen LogP contribution in [-0.2, 0) is 0 Å². The van der Waals surface area contributed by atoms with E-state index in [1.165, 1.54) is 89.0 Å². The average molecular weight is 343 g/mol. The van der Waals surface area contributed by atoms with E-state index in [9.17, 15) is 0 Å². The minimum atomic E-state index is 0.625. The topological polar surface area (TPSA) is 17.8 Å². The van der Waals surface area contributed by atoms with Crippen LogP contribution >= 0.6 is 0 Å². The average Bonchev–Trinajstić information content (AvgIpc) is 3.07. The van der Waals surface area contributed by atoms with Crippen molar-refractivity contribution in [3.8, 4) is 0 Å². The zero-order valence-corrected chi connectivity index (χ0v) is 16.6. The van der Waals surface area contributed by atoms with E-state index in [0.717, 1.165) is 5.52 Å². The van der Waals surface area contributed by atoms with Crippen molar-refractivity contribution in [2.75, 3.05) is 0 Å². The molecule has 0 aliphatic heterocycles. The molecule has 0 radical (unpaired) electrons. The number of aromatic nitrogens is 2. The molecule has 2 aromatic rings. The highest BCUT2D eigenvalue weighted by atomic mass is 15.1. The first kappa shape index (κ1) is 20.0. The highest BCUT2D eigenvalue weighted by Gasteiger charge is 2.13. The summed E-state index contributed by atoms with van der Waals surface area (Å²) in [6.45, 7) is 4.58. The Bertz CT molecular complexity index is 572. The Labute approximate surface area is 155 Å². The van der Waals surface area contributed by atoms with Gasteiger partial charge in [-0.1, -0.05) is 96.6 Å². The quantitative estimate of drug-likeness (QED) is 0.322. The SMILES string of the molecule is CCCCCCCCCC(CCCCCC)n1cnc2ccccc21. The Morgan fingerprint density at radius 1 is 0.760 bits per heavy atom. The van der Waals surface area contributed by atoms with Crippen LogP contribution in [0.4, 0.5) is 0 Å². The standard InChI is InChI=1S/C23H38N2/c1-3-5-7-9-10-11-13-17-21(16-12-8-6-4-2)25-20-24-22-18-14-15-19-23(22)25/h14-15,18-21H,3-13,16-17H2,1-2H3. The highest BCUT2D eigenvalue weighted by Crippen LogP contribution is 2.27. The first-order valence-corrected chi connectivity index (χ1v) is 10.8. The summed E-state index contributed by atoms with van der Waals surface area (Å²) >= 11 is 0. The molecule has 0 bridgehead atoms. The van der Waals surface area contributed by atoms with Gasteiger partial charge in [0, 0.05) is 6.04 Å². The lowest BCUT2D eigenvalue weighted by molar-refractivity contribution is 0.402. The molecule has 1 heterocycles. The number of fused-ring (bicyclic) bond motifs is 1. The minimum Gasteiger partial charge on any atom is -0.327 e. The maximum absolute atomic E-state index is 4.63. The van der Waals surface area contributed by atoms with Crippen LogP contribution < -0.4 is 0 Å². The summed E-state index contributed by atoms with van der Waals surface area (Å²) in [5, 5.41) is 0. The van der Waals surface area contributed by atoms with Gasteiger partial charge < -0.3 is 4.57 Å². The molecule has 0 saturated heterocycles. The summed E-state index contributed by atoms with van der Waals surface area (Å²) < 4.78 is 2.46. The zero-order chi connectivity index (χ0) is 17.7. The summed E-state index contributed by atoms with van der Waals surface area (Å²) in [6, 6.07) is 9.22. The molecule has 1 aromatic heterocycles. The third-order valence-corrected chi connectivity index (χ3v) is 5.41. The van der Waals surface area contributed by atoms with Gasteiger partial charge in [0.25, 0.3) is 0 Å². The minimum absolute atomic E-state index is 0.625. The Kier molecular flexibility index (Phi) is 9.69. The van der Waals surface area contributed by atoms with Crippen molar-refractivity contribution in [2.24, 2.45) is 0 Å². The summed E-state index contributed by atoms with van der Waals surface area (Å²) in [4.78, 5) is 4.63. The molecule has 140 valence electrons. The first-order valence-electron chi connectivity index (χ1n) is 10.8. The predicted octanol–water partition coefficient (Wildman–Crippen LogP) is 7.69. The monoisotopic (exact) mass is 342 g/mol. The molecule has 2 rings (SSSR count). The molecule has 0 fully saturated rings. The maximum Gasteiger partial charge on any atom is 0.0960 e. The van der Waals surface area contributed by atoms with Crippen molar-refractivity contribution in [1.29, 1.82) is 0 Å². The van der Waals surface area contributed by atoms with Crippen LogP contribution in [-0.4, -0.2) is 9.55 Å². The molecule has 1 aromatic carbocycles. The molecule has 0 amide bonds. The van der Waals surface area contributed by atoms with E-state index in [2.05, 4.69) is 54.0 Å². The van der Waals surface area contributed by atoms with Gasteiger partial charge >= 0.3 is 0 Å².